The molecule has 128 valence electrons. The van der Waals surface area contributed by atoms with E-state index >= 15 is 0 Å². The molecule has 0 bridgehead atoms. The topological polar surface area (TPSA) is 131 Å². The van der Waals surface area contributed by atoms with Crippen molar-refractivity contribution in [3.63, 3.8) is 0 Å². The fourth-order valence-corrected chi connectivity index (χ4v) is 2.34. The zero-order valence-corrected chi connectivity index (χ0v) is 14.3. The van der Waals surface area contributed by atoms with Crippen LogP contribution in [-0.2, 0) is 0 Å². The van der Waals surface area contributed by atoms with Crippen LogP contribution in [0.4, 0.5) is 0 Å². The Balaban J connectivity index is -0.000000427. The largest absolute Gasteiger partial charge is 0.344 e. The maximum Gasteiger partial charge on any atom is -0.00773 e. The lowest BCUT2D eigenvalue weighted by atomic mass is 10.0. The minimum Gasteiger partial charge on any atom is -0.344 e. The van der Waals surface area contributed by atoms with Crippen LogP contribution in [0.25, 0.3) is 0 Å². The third kappa shape index (κ3) is 26.4. The first-order chi connectivity index (χ1) is 8.41. The van der Waals surface area contributed by atoms with Gasteiger partial charge in [-0.15, -0.1) is 0 Å². The number of unbranched alkanes of at least 4 members (excludes halogenated alkanes) is 13. The maximum absolute atomic E-state index is 5.47. The fraction of sp³-hybridized carbons (Fsp3) is 1.00. The Labute approximate surface area is 128 Å². The third-order valence-corrected chi connectivity index (χ3v) is 3.56. The zero-order chi connectivity index (χ0) is 12.6. The molecule has 0 saturated carbocycles. The van der Waals surface area contributed by atoms with E-state index < -0.39 is 0 Å². The second kappa shape index (κ2) is 27.2. The van der Waals surface area contributed by atoms with Crippen molar-refractivity contribution in [2.45, 2.75) is 96.8 Å². The fourth-order valence-electron chi connectivity index (χ4n) is 2.34. The van der Waals surface area contributed by atoms with Gasteiger partial charge in [0.25, 0.3) is 0 Å². The summed E-state index contributed by atoms with van der Waals surface area (Å²) >= 11 is 0. The van der Waals surface area contributed by atoms with E-state index in [2.05, 4.69) is 6.92 Å². The highest BCUT2D eigenvalue weighted by atomic mass is 14.5. The van der Waals surface area contributed by atoms with Crippen LogP contribution < -0.4 is 24.2 Å². The van der Waals surface area contributed by atoms with Crippen molar-refractivity contribution in [1.82, 2.24) is 18.5 Å². The van der Waals surface area contributed by atoms with E-state index in [0.29, 0.717) is 0 Å². The van der Waals surface area contributed by atoms with Crippen LogP contribution >= 0.6 is 0 Å². The molecule has 11 N–H and O–H groups in total. The highest BCUT2D eigenvalue weighted by molar-refractivity contribution is 4.49. The summed E-state index contributed by atoms with van der Waals surface area (Å²) in [6.07, 6.45) is 19.9. The summed E-state index contributed by atoms with van der Waals surface area (Å²) in [5.41, 5.74) is 5.47. The summed E-state index contributed by atoms with van der Waals surface area (Å²) in [6.45, 7) is 3.16. The van der Waals surface area contributed by atoms with Crippen molar-refractivity contribution in [3.05, 3.63) is 0 Å². The molecule has 0 heterocycles. The monoisotopic (exact) mass is 292 g/mol. The molecule has 0 amide bonds. The molecule has 0 rings (SSSR count). The molecule has 0 atom stereocenters. The molecule has 4 heteroatoms. The standard InChI is InChI=1S/C16H35N.3H3N/c1-2-3-4-5-6-7-8-9-10-11-12-13-14-15-16-17;;;/h2-17H2,1H3;3*1H3. The van der Waals surface area contributed by atoms with E-state index in [1.165, 1.54) is 89.9 Å². The summed E-state index contributed by atoms with van der Waals surface area (Å²) in [7, 11) is 0. The molecular weight excluding hydrogens is 248 g/mol. The molecule has 0 aliphatic rings. The van der Waals surface area contributed by atoms with E-state index in [-0.39, 0.29) is 18.5 Å². The molecular formula is C16H44N4. The van der Waals surface area contributed by atoms with Crippen molar-refractivity contribution >= 4 is 0 Å². The summed E-state index contributed by atoms with van der Waals surface area (Å²) in [5.74, 6) is 0. The van der Waals surface area contributed by atoms with Crippen molar-refractivity contribution in [3.8, 4) is 0 Å². The summed E-state index contributed by atoms with van der Waals surface area (Å²) < 4.78 is 0. The normalized spacial score (nSPS) is 9.30. The molecule has 0 unspecified atom stereocenters. The molecule has 0 aliphatic carbocycles. The third-order valence-electron chi connectivity index (χ3n) is 3.56. The molecule has 0 saturated heterocycles. The summed E-state index contributed by atoms with van der Waals surface area (Å²) in [6, 6.07) is 0. The van der Waals surface area contributed by atoms with Gasteiger partial charge in [-0.25, -0.2) is 0 Å². The van der Waals surface area contributed by atoms with Crippen molar-refractivity contribution < 1.29 is 0 Å². The predicted octanol–water partition coefficient (Wildman–Crippen LogP) is 5.91. The summed E-state index contributed by atoms with van der Waals surface area (Å²) in [5, 5.41) is 0. The van der Waals surface area contributed by atoms with Crippen LogP contribution in [0.3, 0.4) is 0 Å². The van der Waals surface area contributed by atoms with Crippen LogP contribution in [0.2, 0.25) is 0 Å². The van der Waals surface area contributed by atoms with Crippen LogP contribution in [-0.4, -0.2) is 6.54 Å². The first kappa shape index (κ1) is 28.1. The number of hydrogen-bond acceptors (Lipinski definition) is 4. The highest BCUT2D eigenvalue weighted by Gasteiger charge is 1.93. The van der Waals surface area contributed by atoms with Gasteiger partial charge in [-0.05, 0) is 13.0 Å². The van der Waals surface area contributed by atoms with Gasteiger partial charge in [-0.1, -0.05) is 90.4 Å². The van der Waals surface area contributed by atoms with E-state index in [1.807, 2.05) is 0 Å². The predicted molar refractivity (Wildman–Crippen MR) is 94.4 cm³/mol. The minimum absolute atomic E-state index is 0. The lowest BCUT2D eigenvalue weighted by Crippen LogP contribution is -1.97. The van der Waals surface area contributed by atoms with Gasteiger partial charge in [0.2, 0.25) is 0 Å². The lowest BCUT2D eigenvalue weighted by Gasteiger charge is -2.02. The zero-order valence-electron chi connectivity index (χ0n) is 14.3. The second-order valence-corrected chi connectivity index (χ2v) is 5.38. The van der Waals surface area contributed by atoms with Crippen LogP contribution in [0.1, 0.15) is 96.8 Å². The highest BCUT2D eigenvalue weighted by Crippen LogP contribution is 2.12. The number of hydrogen-bond donors (Lipinski definition) is 4. The smallest absolute Gasteiger partial charge is 0.00773 e. The first-order valence-electron chi connectivity index (χ1n) is 8.12. The van der Waals surface area contributed by atoms with Crippen LogP contribution in [0.15, 0.2) is 0 Å². The SMILES string of the molecule is CCCCCCCCCCCCCCCCN.N.N.N. The number of rotatable bonds is 14. The second-order valence-electron chi connectivity index (χ2n) is 5.38. The molecule has 0 aliphatic heterocycles. The lowest BCUT2D eigenvalue weighted by molar-refractivity contribution is 0.536. The van der Waals surface area contributed by atoms with Gasteiger partial charge in [0.1, 0.15) is 0 Å². The van der Waals surface area contributed by atoms with E-state index in [9.17, 15) is 0 Å². The Bertz CT molecular complexity index is 118. The van der Waals surface area contributed by atoms with Crippen LogP contribution in [0, 0.1) is 0 Å². The van der Waals surface area contributed by atoms with Crippen molar-refractivity contribution in [1.29, 1.82) is 0 Å². The molecule has 0 fully saturated rings. The Kier molecular flexibility index (Phi) is 38.2. The first-order valence-corrected chi connectivity index (χ1v) is 8.12. The number of nitrogens with two attached hydrogens (primary N) is 1. The molecule has 0 aromatic rings. The maximum atomic E-state index is 5.47. The Hall–Kier alpha value is -0.160. The Morgan fingerprint density at radius 1 is 0.450 bits per heavy atom. The van der Waals surface area contributed by atoms with E-state index in [0.717, 1.165) is 6.54 Å². The van der Waals surface area contributed by atoms with Crippen molar-refractivity contribution in [2.75, 3.05) is 6.54 Å². The summed E-state index contributed by atoms with van der Waals surface area (Å²) in [4.78, 5) is 0. The van der Waals surface area contributed by atoms with Gasteiger partial charge in [0.05, 0.1) is 0 Å². The van der Waals surface area contributed by atoms with Crippen molar-refractivity contribution in [2.24, 2.45) is 5.73 Å². The molecule has 0 spiro atoms. The quantitative estimate of drug-likeness (QED) is 0.296. The van der Waals surface area contributed by atoms with E-state index in [4.69, 9.17) is 5.73 Å². The molecule has 0 radical (unpaired) electrons. The average molecular weight is 293 g/mol. The van der Waals surface area contributed by atoms with Gasteiger partial charge in [0, 0.05) is 0 Å². The minimum atomic E-state index is 0. The Morgan fingerprint density at radius 3 is 0.950 bits per heavy atom. The average Bonchev–Trinajstić information content (AvgIpc) is 2.35. The van der Waals surface area contributed by atoms with Crippen LogP contribution in [0.5, 0.6) is 0 Å². The van der Waals surface area contributed by atoms with Gasteiger partial charge in [0.15, 0.2) is 0 Å². The van der Waals surface area contributed by atoms with E-state index in [1.54, 1.807) is 0 Å². The molecule has 4 nitrogen and oxygen atoms in total. The molecule has 0 aromatic heterocycles. The molecule has 20 heavy (non-hydrogen) atoms. The van der Waals surface area contributed by atoms with Gasteiger partial charge < -0.3 is 24.2 Å². The van der Waals surface area contributed by atoms with Gasteiger partial charge >= 0.3 is 0 Å². The Morgan fingerprint density at radius 2 is 0.700 bits per heavy atom. The molecule has 0 aromatic carbocycles. The van der Waals surface area contributed by atoms with Gasteiger partial charge in [-0.3, -0.25) is 0 Å². The van der Waals surface area contributed by atoms with Gasteiger partial charge in [-0.2, -0.15) is 0 Å².